The van der Waals surface area contributed by atoms with Crippen molar-refractivity contribution in [3.05, 3.63) is 0 Å². The van der Waals surface area contributed by atoms with Crippen LogP contribution in [0.5, 0.6) is 0 Å². The summed E-state index contributed by atoms with van der Waals surface area (Å²) in [6.07, 6.45) is 6.61. The molecule has 106 valence electrons. The Morgan fingerprint density at radius 1 is 1.33 bits per heavy atom. The van der Waals surface area contributed by atoms with Gasteiger partial charge in [0.15, 0.2) is 0 Å². The highest BCUT2D eigenvalue weighted by Crippen LogP contribution is 2.25. The smallest absolute Gasteiger partial charge is 0.223 e. The van der Waals surface area contributed by atoms with Crippen LogP contribution in [0.1, 0.15) is 59.3 Å². The molecule has 3 heteroatoms. The lowest BCUT2D eigenvalue weighted by atomic mass is 9.87. The number of carbonyl (C=O) groups excluding carboxylic acids is 1. The highest BCUT2D eigenvalue weighted by molar-refractivity contribution is 5.76. The lowest BCUT2D eigenvalue weighted by Crippen LogP contribution is -2.37. The van der Waals surface area contributed by atoms with E-state index in [1.807, 2.05) is 11.9 Å². The fraction of sp³-hybridized carbons (Fsp3) is 0.933. The van der Waals surface area contributed by atoms with Crippen LogP contribution in [0.15, 0.2) is 0 Å². The summed E-state index contributed by atoms with van der Waals surface area (Å²) in [7, 11) is 1.92. The average molecular weight is 254 g/mol. The van der Waals surface area contributed by atoms with Gasteiger partial charge in [0, 0.05) is 26.1 Å². The molecule has 0 saturated heterocycles. The van der Waals surface area contributed by atoms with Gasteiger partial charge in [0.2, 0.25) is 5.91 Å². The number of hydrogen-bond donors (Lipinski definition) is 1. The third kappa shape index (κ3) is 5.85. The molecule has 1 rings (SSSR count). The predicted molar refractivity (Wildman–Crippen MR) is 76.3 cm³/mol. The molecule has 0 aliphatic heterocycles. The summed E-state index contributed by atoms with van der Waals surface area (Å²) in [5.74, 6) is 0.927. The monoisotopic (exact) mass is 254 g/mol. The van der Waals surface area contributed by atoms with E-state index in [4.69, 9.17) is 5.73 Å². The minimum absolute atomic E-state index is 0.0106. The van der Waals surface area contributed by atoms with Crippen LogP contribution in [-0.4, -0.2) is 30.4 Å². The molecular weight excluding hydrogens is 224 g/mol. The highest BCUT2D eigenvalue weighted by atomic mass is 16.2. The summed E-state index contributed by atoms with van der Waals surface area (Å²) in [6.45, 7) is 7.42. The topological polar surface area (TPSA) is 46.3 Å². The normalized spacial score (nSPS) is 18.9. The van der Waals surface area contributed by atoms with E-state index >= 15 is 0 Å². The summed E-state index contributed by atoms with van der Waals surface area (Å²) >= 11 is 0. The Hall–Kier alpha value is -0.570. The van der Waals surface area contributed by atoms with Crippen molar-refractivity contribution >= 4 is 5.91 Å². The van der Waals surface area contributed by atoms with E-state index in [0.29, 0.717) is 6.42 Å². The van der Waals surface area contributed by atoms with E-state index in [-0.39, 0.29) is 17.4 Å². The molecule has 1 amide bonds. The second-order valence-electron chi connectivity index (χ2n) is 7.15. The maximum Gasteiger partial charge on any atom is 0.223 e. The number of amides is 1. The molecule has 0 aromatic rings. The molecule has 1 aliphatic carbocycles. The first-order valence-electron chi connectivity index (χ1n) is 7.27. The minimum atomic E-state index is -0.0106. The van der Waals surface area contributed by atoms with Gasteiger partial charge in [0.1, 0.15) is 0 Å². The first-order valence-corrected chi connectivity index (χ1v) is 7.27. The van der Waals surface area contributed by atoms with Gasteiger partial charge in [-0.25, -0.2) is 0 Å². The summed E-state index contributed by atoms with van der Waals surface area (Å²) < 4.78 is 0. The zero-order chi connectivity index (χ0) is 13.8. The molecule has 3 nitrogen and oxygen atoms in total. The maximum absolute atomic E-state index is 12.1. The number of carbonyl (C=O) groups is 1. The SMILES string of the molecule is CN(CC1CCCC1)C(=O)CC(N)CC(C)(C)C. The maximum atomic E-state index is 12.1. The Balaban J connectivity index is 2.30. The van der Waals surface area contributed by atoms with Gasteiger partial charge in [0.05, 0.1) is 0 Å². The largest absolute Gasteiger partial charge is 0.345 e. The first-order chi connectivity index (χ1) is 8.28. The van der Waals surface area contributed by atoms with Crippen molar-refractivity contribution in [3.63, 3.8) is 0 Å². The van der Waals surface area contributed by atoms with Gasteiger partial charge in [-0.1, -0.05) is 33.6 Å². The zero-order valence-corrected chi connectivity index (χ0v) is 12.5. The number of hydrogen-bond acceptors (Lipinski definition) is 2. The van der Waals surface area contributed by atoms with Crippen LogP contribution in [0.25, 0.3) is 0 Å². The quantitative estimate of drug-likeness (QED) is 0.820. The highest BCUT2D eigenvalue weighted by Gasteiger charge is 2.22. The lowest BCUT2D eigenvalue weighted by Gasteiger charge is -2.26. The van der Waals surface area contributed by atoms with Crippen molar-refractivity contribution in [2.75, 3.05) is 13.6 Å². The van der Waals surface area contributed by atoms with Crippen molar-refractivity contribution < 1.29 is 4.79 Å². The van der Waals surface area contributed by atoms with E-state index < -0.39 is 0 Å². The predicted octanol–water partition coefficient (Wildman–Crippen LogP) is 2.79. The van der Waals surface area contributed by atoms with Gasteiger partial charge in [-0.3, -0.25) is 4.79 Å². The molecule has 1 aliphatic rings. The van der Waals surface area contributed by atoms with E-state index in [1.54, 1.807) is 0 Å². The molecule has 2 N–H and O–H groups in total. The third-order valence-corrected chi connectivity index (χ3v) is 3.74. The molecule has 1 fully saturated rings. The van der Waals surface area contributed by atoms with Crippen LogP contribution in [-0.2, 0) is 4.79 Å². The molecule has 18 heavy (non-hydrogen) atoms. The molecule has 1 atom stereocenters. The Labute approximate surface area is 112 Å². The summed E-state index contributed by atoms with van der Waals surface area (Å²) in [5.41, 5.74) is 6.26. The van der Waals surface area contributed by atoms with Crippen molar-refractivity contribution in [2.45, 2.75) is 65.3 Å². The minimum Gasteiger partial charge on any atom is -0.345 e. The van der Waals surface area contributed by atoms with Gasteiger partial charge in [-0.2, -0.15) is 0 Å². The molecule has 0 heterocycles. The molecule has 0 aromatic heterocycles. The van der Waals surface area contributed by atoms with Crippen LogP contribution in [0.2, 0.25) is 0 Å². The molecule has 1 saturated carbocycles. The van der Waals surface area contributed by atoms with Crippen molar-refractivity contribution in [1.29, 1.82) is 0 Å². The molecule has 0 bridgehead atoms. The molecule has 0 spiro atoms. The molecule has 1 unspecified atom stereocenters. The second kappa shape index (κ2) is 6.55. The van der Waals surface area contributed by atoms with Gasteiger partial charge in [0.25, 0.3) is 0 Å². The number of nitrogens with two attached hydrogens (primary N) is 1. The second-order valence-corrected chi connectivity index (χ2v) is 7.15. The van der Waals surface area contributed by atoms with Crippen LogP contribution in [0, 0.1) is 11.3 Å². The van der Waals surface area contributed by atoms with Gasteiger partial charge < -0.3 is 10.6 Å². The molecular formula is C15H30N2O. The summed E-state index contributed by atoms with van der Waals surface area (Å²) in [5, 5.41) is 0. The average Bonchev–Trinajstić information content (AvgIpc) is 2.66. The van der Waals surface area contributed by atoms with E-state index in [2.05, 4.69) is 20.8 Å². The Kier molecular flexibility index (Phi) is 5.64. The summed E-state index contributed by atoms with van der Waals surface area (Å²) in [6, 6.07) is -0.0106. The van der Waals surface area contributed by atoms with E-state index in [0.717, 1.165) is 18.9 Å². The summed E-state index contributed by atoms with van der Waals surface area (Å²) in [4.78, 5) is 14.0. The Bertz CT molecular complexity index is 264. The standard InChI is InChI=1S/C15H30N2O/c1-15(2,3)10-13(16)9-14(18)17(4)11-12-7-5-6-8-12/h12-13H,5-11,16H2,1-4H3. The number of nitrogens with zero attached hydrogens (tertiary/aromatic N) is 1. The Morgan fingerprint density at radius 2 is 1.89 bits per heavy atom. The van der Waals surface area contributed by atoms with Crippen molar-refractivity contribution in [3.8, 4) is 0 Å². The first kappa shape index (κ1) is 15.5. The van der Waals surface area contributed by atoms with Crippen molar-refractivity contribution in [2.24, 2.45) is 17.1 Å². The number of rotatable bonds is 5. The molecule has 0 aromatic carbocycles. The van der Waals surface area contributed by atoms with Crippen LogP contribution < -0.4 is 5.73 Å². The van der Waals surface area contributed by atoms with Crippen LogP contribution >= 0.6 is 0 Å². The lowest BCUT2D eigenvalue weighted by molar-refractivity contribution is -0.130. The fourth-order valence-corrected chi connectivity index (χ4v) is 2.92. The van der Waals surface area contributed by atoms with Gasteiger partial charge >= 0.3 is 0 Å². The third-order valence-electron chi connectivity index (χ3n) is 3.74. The fourth-order valence-electron chi connectivity index (χ4n) is 2.92. The van der Waals surface area contributed by atoms with Crippen LogP contribution in [0.3, 0.4) is 0 Å². The van der Waals surface area contributed by atoms with Crippen LogP contribution in [0.4, 0.5) is 0 Å². The zero-order valence-electron chi connectivity index (χ0n) is 12.5. The van der Waals surface area contributed by atoms with Gasteiger partial charge in [-0.15, -0.1) is 0 Å². The van der Waals surface area contributed by atoms with E-state index in [1.165, 1.54) is 25.7 Å². The Morgan fingerprint density at radius 3 is 2.39 bits per heavy atom. The van der Waals surface area contributed by atoms with Crippen molar-refractivity contribution in [1.82, 2.24) is 4.90 Å². The van der Waals surface area contributed by atoms with E-state index in [9.17, 15) is 4.79 Å². The van der Waals surface area contributed by atoms with Gasteiger partial charge in [-0.05, 0) is 30.6 Å². The molecule has 0 radical (unpaired) electrons.